The fourth-order valence-corrected chi connectivity index (χ4v) is 2.91. The molecule has 2 unspecified atom stereocenters. The van der Waals surface area contributed by atoms with E-state index in [1.54, 1.807) is 0 Å². The van der Waals surface area contributed by atoms with Gasteiger partial charge < -0.3 is 14.8 Å². The Bertz CT molecular complexity index is 509. The summed E-state index contributed by atoms with van der Waals surface area (Å²) >= 11 is 0. The van der Waals surface area contributed by atoms with Gasteiger partial charge in [-0.05, 0) is 45.1 Å². The molecule has 1 saturated carbocycles. The number of rotatable bonds is 7. The molecule has 2 atom stereocenters. The second-order valence-electron chi connectivity index (χ2n) is 7.45. The van der Waals surface area contributed by atoms with Crippen LogP contribution in [0.25, 0.3) is 0 Å². The second kappa shape index (κ2) is 7.35. The zero-order chi connectivity index (χ0) is 16.9. The summed E-state index contributed by atoms with van der Waals surface area (Å²) in [5.41, 5.74) is 0.408. The van der Waals surface area contributed by atoms with Gasteiger partial charge in [-0.15, -0.1) is 0 Å². The number of ether oxygens (including phenoxy) is 2. The number of hydrogen-bond acceptors (Lipinski definition) is 3. The highest BCUT2D eigenvalue weighted by Gasteiger charge is 2.55. The predicted octanol–water partition coefficient (Wildman–Crippen LogP) is 4.29. The summed E-state index contributed by atoms with van der Waals surface area (Å²) in [6.07, 6.45) is 2.83. The lowest BCUT2D eigenvalue weighted by atomic mass is 10.1. The maximum absolute atomic E-state index is 12.1. The molecule has 2 rings (SSSR count). The van der Waals surface area contributed by atoms with Crippen molar-refractivity contribution < 1.29 is 14.3 Å². The monoisotopic (exact) mass is 319 g/mol. The zero-order valence-corrected chi connectivity index (χ0v) is 14.7. The quantitative estimate of drug-likeness (QED) is 0.815. The van der Waals surface area contributed by atoms with E-state index in [0.29, 0.717) is 19.1 Å². The van der Waals surface area contributed by atoms with Gasteiger partial charge in [-0.3, -0.25) is 0 Å². The van der Waals surface area contributed by atoms with Crippen LogP contribution in [0.2, 0.25) is 0 Å². The zero-order valence-electron chi connectivity index (χ0n) is 14.7. The van der Waals surface area contributed by atoms with Gasteiger partial charge in [-0.25, -0.2) is 4.79 Å². The normalized spacial score (nSPS) is 23.4. The number of carbonyl (C=O) groups is 1. The Morgan fingerprint density at radius 1 is 1.30 bits per heavy atom. The predicted molar refractivity (Wildman–Crippen MR) is 91.2 cm³/mol. The van der Waals surface area contributed by atoms with Crippen LogP contribution in [0.4, 0.5) is 4.79 Å². The summed E-state index contributed by atoms with van der Waals surface area (Å²) in [7, 11) is 0. The lowest BCUT2D eigenvalue weighted by molar-refractivity contribution is 0.0385. The summed E-state index contributed by atoms with van der Waals surface area (Å²) in [6, 6.07) is 10.1. The largest absolute Gasteiger partial charge is 0.444 e. The third-order valence-corrected chi connectivity index (χ3v) is 4.09. The molecule has 1 aromatic rings. The van der Waals surface area contributed by atoms with Gasteiger partial charge in [-0.1, -0.05) is 43.7 Å². The number of nitrogens with one attached hydrogen (secondary N) is 1. The molecule has 0 bridgehead atoms. The molecule has 1 N–H and O–H groups in total. The third kappa shape index (κ3) is 5.54. The summed E-state index contributed by atoms with van der Waals surface area (Å²) in [6.45, 7) is 8.90. The molecule has 1 aromatic carbocycles. The van der Waals surface area contributed by atoms with E-state index >= 15 is 0 Å². The lowest BCUT2D eigenvalue weighted by Crippen LogP contribution is -2.44. The topological polar surface area (TPSA) is 47.6 Å². The van der Waals surface area contributed by atoms with Gasteiger partial charge in [0.15, 0.2) is 0 Å². The maximum Gasteiger partial charge on any atom is 0.408 e. The number of alkyl carbamates (subject to hydrolysis) is 1. The summed E-state index contributed by atoms with van der Waals surface area (Å²) in [5.74, 6) is 0.482. The summed E-state index contributed by atoms with van der Waals surface area (Å²) in [5, 5.41) is 3.06. The molecule has 1 aliphatic rings. The molecule has 0 radical (unpaired) electrons. The van der Waals surface area contributed by atoms with Crippen LogP contribution in [0.5, 0.6) is 0 Å². The molecule has 1 fully saturated rings. The maximum atomic E-state index is 12.1. The van der Waals surface area contributed by atoms with Crippen molar-refractivity contribution in [3.63, 3.8) is 0 Å². The highest BCUT2D eigenvalue weighted by molar-refractivity contribution is 5.69. The van der Waals surface area contributed by atoms with E-state index in [1.165, 1.54) is 0 Å². The van der Waals surface area contributed by atoms with Crippen LogP contribution in [-0.2, 0) is 16.1 Å². The SMILES string of the molecule is CCCC1CC1(COCc1ccccc1)NC(=O)OC(C)(C)C. The van der Waals surface area contributed by atoms with Crippen molar-refractivity contribution in [2.75, 3.05) is 6.61 Å². The van der Waals surface area contributed by atoms with Crippen molar-refractivity contribution in [1.82, 2.24) is 5.32 Å². The molecule has 0 heterocycles. The van der Waals surface area contributed by atoms with Gasteiger partial charge in [0.25, 0.3) is 0 Å². The average molecular weight is 319 g/mol. The first-order chi connectivity index (χ1) is 10.8. The van der Waals surface area contributed by atoms with Crippen molar-refractivity contribution in [2.24, 2.45) is 5.92 Å². The number of carbonyl (C=O) groups excluding carboxylic acids is 1. The minimum Gasteiger partial charge on any atom is -0.444 e. The van der Waals surface area contributed by atoms with E-state index in [4.69, 9.17) is 9.47 Å². The molecule has 0 aliphatic heterocycles. The van der Waals surface area contributed by atoms with Gasteiger partial charge in [0.2, 0.25) is 0 Å². The first-order valence-corrected chi connectivity index (χ1v) is 8.47. The first-order valence-electron chi connectivity index (χ1n) is 8.47. The Morgan fingerprint density at radius 3 is 2.61 bits per heavy atom. The van der Waals surface area contributed by atoms with Crippen LogP contribution in [0.15, 0.2) is 30.3 Å². The standard InChI is InChI=1S/C19H29NO3/c1-5-9-16-12-19(16,20-17(21)23-18(2,3)4)14-22-13-15-10-7-6-8-11-15/h6-8,10-11,16H,5,9,12-14H2,1-4H3,(H,20,21). The van der Waals surface area contributed by atoms with Gasteiger partial charge >= 0.3 is 6.09 Å². The molecule has 1 amide bonds. The molecular weight excluding hydrogens is 290 g/mol. The van der Waals surface area contributed by atoms with E-state index < -0.39 is 5.60 Å². The Labute approximate surface area is 139 Å². The van der Waals surface area contributed by atoms with Crippen LogP contribution < -0.4 is 5.32 Å². The van der Waals surface area contributed by atoms with Gasteiger partial charge in [-0.2, -0.15) is 0 Å². The van der Waals surface area contributed by atoms with Crippen molar-refractivity contribution in [3.05, 3.63) is 35.9 Å². The van der Waals surface area contributed by atoms with Crippen molar-refractivity contribution in [2.45, 2.75) is 64.7 Å². The van der Waals surface area contributed by atoms with Crippen molar-refractivity contribution in [1.29, 1.82) is 0 Å². The van der Waals surface area contributed by atoms with Crippen LogP contribution in [0.1, 0.15) is 52.5 Å². The third-order valence-electron chi connectivity index (χ3n) is 4.09. The Kier molecular flexibility index (Phi) is 5.69. The molecule has 0 saturated heterocycles. The minimum absolute atomic E-state index is 0.257. The van der Waals surface area contributed by atoms with Crippen molar-refractivity contribution >= 4 is 6.09 Å². The highest BCUT2D eigenvalue weighted by Crippen LogP contribution is 2.47. The molecule has 0 spiro atoms. The van der Waals surface area contributed by atoms with E-state index in [2.05, 4.69) is 12.2 Å². The van der Waals surface area contributed by atoms with E-state index in [1.807, 2.05) is 51.1 Å². The molecule has 1 aliphatic carbocycles. The van der Waals surface area contributed by atoms with Gasteiger partial charge in [0.1, 0.15) is 5.60 Å². The Balaban J connectivity index is 1.88. The highest BCUT2D eigenvalue weighted by atomic mass is 16.6. The summed E-state index contributed by atoms with van der Waals surface area (Å²) in [4.78, 5) is 12.1. The molecule has 23 heavy (non-hydrogen) atoms. The summed E-state index contributed by atoms with van der Waals surface area (Å²) < 4.78 is 11.3. The van der Waals surface area contributed by atoms with E-state index in [0.717, 1.165) is 24.8 Å². The van der Waals surface area contributed by atoms with Gasteiger partial charge in [0, 0.05) is 0 Å². The number of benzene rings is 1. The van der Waals surface area contributed by atoms with Crippen LogP contribution in [0.3, 0.4) is 0 Å². The van der Waals surface area contributed by atoms with E-state index in [-0.39, 0.29) is 11.6 Å². The van der Waals surface area contributed by atoms with Gasteiger partial charge in [0.05, 0.1) is 18.8 Å². The van der Waals surface area contributed by atoms with E-state index in [9.17, 15) is 4.79 Å². The fourth-order valence-electron chi connectivity index (χ4n) is 2.91. The van der Waals surface area contributed by atoms with Crippen LogP contribution in [-0.4, -0.2) is 23.8 Å². The minimum atomic E-state index is -0.481. The second-order valence-corrected chi connectivity index (χ2v) is 7.45. The Hall–Kier alpha value is -1.55. The average Bonchev–Trinajstić information content (AvgIpc) is 3.10. The molecule has 4 nitrogen and oxygen atoms in total. The lowest BCUT2D eigenvalue weighted by Gasteiger charge is -2.24. The first kappa shape index (κ1) is 17.8. The van der Waals surface area contributed by atoms with Crippen LogP contribution in [0, 0.1) is 5.92 Å². The number of amides is 1. The smallest absolute Gasteiger partial charge is 0.408 e. The molecule has 0 aromatic heterocycles. The number of hydrogen-bond donors (Lipinski definition) is 1. The van der Waals surface area contributed by atoms with Crippen LogP contribution >= 0.6 is 0 Å². The molecule has 4 heteroatoms. The molecular formula is C19H29NO3. The van der Waals surface area contributed by atoms with Crippen molar-refractivity contribution in [3.8, 4) is 0 Å². The Morgan fingerprint density at radius 2 is 2.00 bits per heavy atom. The fraction of sp³-hybridized carbons (Fsp3) is 0.632. The molecule has 128 valence electrons.